The van der Waals surface area contributed by atoms with E-state index in [2.05, 4.69) is 48.7 Å². The molecule has 1 atom stereocenters. The third-order valence-electron chi connectivity index (χ3n) is 3.88. The first-order chi connectivity index (χ1) is 12.0. The van der Waals surface area contributed by atoms with Gasteiger partial charge in [0.05, 0.1) is 12.3 Å². The molecule has 1 heterocycles. The third-order valence-corrected chi connectivity index (χ3v) is 3.88. The molecule has 5 heteroatoms. The maximum absolute atomic E-state index is 12.0. The van der Waals surface area contributed by atoms with Gasteiger partial charge in [-0.2, -0.15) is 0 Å². The van der Waals surface area contributed by atoms with Crippen LogP contribution >= 0.6 is 0 Å². The molecule has 0 aliphatic rings. The molecule has 0 fully saturated rings. The predicted octanol–water partition coefficient (Wildman–Crippen LogP) is 3.48. The Morgan fingerprint density at radius 1 is 1.08 bits per heavy atom. The van der Waals surface area contributed by atoms with Crippen molar-refractivity contribution < 1.29 is 14.0 Å². The van der Waals surface area contributed by atoms with E-state index in [0.29, 0.717) is 5.92 Å². The Morgan fingerprint density at radius 2 is 1.80 bits per heavy atom. The molecule has 2 N–H and O–H groups in total. The summed E-state index contributed by atoms with van der Waals surface area (Å²) in [6.45, 7) is 6.62. The number of amides is 2. The summed E-state index contributed by atoms with van der Waals surface area (Å²) in [4.78, 5) is 23.7. The summed E-state index contributed by atoms with van der Waals surface area (Å²) in [6.07, 6.45) is 2.72. The molecule has 134 valence electrons. The Labute approximate surface area is 148 Å². The zero-order chi connectivity index (χ0) is 18.2. The van der Waals surface area contributed by atoms with Crippen LogP contribution in [0.2, 0.25) is 0 Å². The van der Waals surface area contributed by atoms with Crippen molar-refractivity contribution in [3.63, 3.8) is 0 Å². The van der Waals surface area contributed by atoms with Gasteiger partial charge in [0.25, 0.3) is 5.91 Å². The monoisotopic (exact) mass is 342 g/mol. The number of hydrogen-bond donors (Lipinski definition) is 2. The Kier molecular flexibility index (Phi) is 6.81. The predicted molar refractivity (Wildman–Crippen MR) is 97.2 cm³/mol. The van der Waals surface area contributed by atoms with E-state index >= 15 is 0 Å². The lowest BCUT2D eigenvalue weighted by atomic mass is 10.00. The minimum atomic E-state index is -0.313. The molecule has 0 radical (unpaired) electrons. The fourth-order valence-electron chi connectivity index (χ4n) is 2.60. The molecule has 2 amide bonds. The third kappa shape index (κ3) is 6.10. The van der Waals surface area contributed by atoms with Gasteiger partial charge >= 0.3 is 0 Å². The second kappa shape index (κ2) is 9.06. The standard InChI is InChI=1S/C20H26N2O3/c1-14(2)13-16-6-8-17(9-7-16)15(3)22-19(23)10-11-21-20(24)18-5-4-12-25-18/h4-9,12,14-15H,10-11,13H2,1-3H3,(H,21,24)(H,22,23). The van der Waals surface area contributed by atoms with Crippen LogP contribution in [0.3, 0.4) is 0 Å². The normalized spacial score (nSPS) is 12.0. The summed E-state index contributed by atoms with van der Waals surface area (Å²) >= 11 is 0. The largest absolute Gasteiger partial charge is 0.459 e. The SMILES string of the molecule is CC(C)Cc1ccc(C(C)NC(=O)CCNC(=O)c2ccco2)cc1. The summed E-state index contributed by atoms with van der Waals surface area (Å²) in [6, 6.07) is 11.5. The van der Waals surface area contributed by atoms with Crippen molar-refractivity contribution in [2.45, 2.75) is 39.7 Å². The van der Waals surface area contributed by atoms with Gasteiger partial charge in [-0.1, -0.05) is 38.1 Å². The molecule has 0 aliphatic heterocycles. The van der Waals surface area contributed by atoms with Crippen LogP contribution < -0.4 is 10.6 Å². The maximum Gasteiger partial charge on any atom is 0.286 e. The van der Waals surface area contributed by atoms with Gasteiger partial charge in [0.2, 0.25) is 5.91 Å². The Balaban J connectivity index is 1.75. The molecule has 0 bridgehead atoms. The Bertz CT molecular complexity index is 675. The van der Waals surface area contributed by atoms with E-state index in [0.717, 1.165) is 12.0 Å². The van der Waals surface area contributed by atoms with Gasteiger partial charge in [-0.05, 0) is 42.5 Å². The molecule has 25 heavy (non-hydrogen) atoms. The van der Waals surface area contributed by atoms with E-state index in [1.165, 1.54) is 11.8 Å². The van der Waals surface area contributed by atoms with E-state index in [1.54, 1.807) is 12.1 Å². The Morgan fingerprint density at radius 3 is 2.40 bits per heavy atom. The maximum atomic E-state index is 12.0. The van der Waals surface area contributed by atoms with Crippen LogP contribution in [0.4, 0.5) is 0 Å². The molecule has 1 unspecified atom stereocenters. The average molecular weight is 342 g/mol. The van der Waals surface area contributed by atoms with Crippen LogP contribution in [0.1, 0.15) is 54.9 Å². The lowest BCUT2D eigenvalue weighted by molar-refractivity contribution is -0.121. The average Bonchev–Trinajstić information content (AvgIpc) is 3.09. The molecular weight excluding hydrogens is 316 g/mol. The van der Waals surface area contributed by atoms with Crippen LogP contribution in [0.15, 0.2) is 47.1 Å². The summed E-state index contributed by atoms with van der Waals surface area (Å²) in [5, 5.41) is 5.61. The van der Waals surface area contributed by atoms with Crippen molar-refractivity contribution in [3.8, 4) is 0 Å². The molecule has 5 nitrogen and oxygen atoms in total. The Hall–Kier alpha value is -2.56. The number of nitrogens with one attached hydrogen (secondary N) is 2. The zero-order valence-corrected chi connectivity index (χ0v) is 15.0. The molecule has 0 spiro atoms. The van der Waals surface area contributed by atoms with Gasteiger partial charge in [0.1, 0.15) is 0 Å². The molecular formula is C20H26N2O3. The number of rotatable bonds is 8. The highest BCUT2D eigenvalue weighted by molar-refractivity contribution is 5.91. The number of carbonyl (C=O) groups is 2. The molecule has 1 aromatic heterocycles. The number of benzene rings is 1. The molecule has 2 rings (SSSR count). The van der Waals surface area contributed by atoms with E-state index in [9.17, 15) is 9.59 Å². The van der Waals surface area contributed by atoms with Crippen LogP contribution in [0.25, 0.3) is 0 Å². The van der Waals surface area contributed by atoms with Gasteiger partial charge in [0.15, 0.2) is 5.76 Å². The highest BCUT2D eigenvalue weighted by Crippen LogP contribution is 2.15. The lowest BCUT2D eigenvalue weighted by Gasteiger charge is -2.15. The topological polar surface area (TPSA) is 71.3 Å². The van der Waals surface area contributed by atoms with E-state index < -0.39 is 0 Å². The number of furan rings is 1. The summed E-state index contributed by atoms with van der Waals surface area (Å²) < 4.78 is 5.00. The molecule has 0 aliphatic carbocycles. The highest BCUT2D eigenvalue weighted by atomic mass is 16.3. The van der Waals surface area contributed by atoms with Crippen LogP contribution in [-0.2, 0) is 11.2 Å². The summed E-state index contributed by atoms with van der Waals surface area (Å²) in [5.74, 6) is 0.458. The first-order valence-electron chi connectivity index (χ1n) is 8.65. The fraction of sp³-hybridized carbons (Fsp3) is 0.400. The van der Waals surface area contributed by atoms with Crippen molar-refractivity contribution >= 4 is 11.8 Å². The lowest BCUT2D eigenvalue weighted by Crippen LogP contribution is -2.31. The van der Waals surface area contributed by atoms with Crippen molar-refractivity contribution in [1.29, 1.82) is 0 Å². The molecule has 0 saturated carbocycles. The second-order valence-electron chi connectivity index (χ2n) is 6.61. The van der Waals surface area contributed by atoms with E-state index in [1.807, 2.05) is 6.92 Å². The van der Waals surface area contributed by atoms with Gasteiger partial charge in [-0.15, -0.1) is 0 Å². The van der Waals surface area contributed by atoms with Gasteiger partial charge in [-0.3, -0.25) is 9.59 Å². The van der Waals surface area contributed by atoms with E-state index in [4.69, 9.17) is 4.42 Å². The van der Waals surface area contributed by atoms with Crippen LogP contribution in [0.5, 0.6) is 0 Å². The number of hydrogen-bond acceptors (Lipinski definition) is 3. The zero-order valence-electron chi connectivity index (χ0n) is 15.0. The van der Waals surface area contributed by atoms with Crippen molar-refractivity contribution in [2.75, 3.05) is 6.54 Å². The van der Waals surface area contributed by atoms with Gasteiger partial charge in [0, 0.05) is 13.0 Å². The summed E-state index contributed by atoms with van der Waals surface area (Å²) in [5.41, 5.74) is 2.37. The molecule has 1 aromatic carbocycles. The molecule has 2 aromatic rings. The minimum absolute atomic E-state index is 0.0682. The van der Waals surface area contributed by atoms with Gasteiger partial charge < -0.3 is 15.1 Å². The second-order valence-corrected chi connectivity index (χ2v) is 6.61. The first-order valence-corrected chi connectivity index (χ1v) is 8.65. The number of carbonyl (C=O) groups excluding carboxylic acids is 2. The quantitative estimate of drug-likeness (QED) is 0.771. The minimum Gasteiger partial charge on any atom is -0.459 e. The van der Waals surface area contributed by atoms with Crippen molar-refractivity contribution in [3.05, 3.63) is 59.5 Å². The highest BCUT2D eigenvalue weighted by Gasteiger charge is 2.11. The van der Waals surface area contributed by atoms with Crippen molar-refractivity contribution in [1.82, 2.24) is 10.6 Å². The smallest absolute Gasteiger partial charge is 0.286 e. The van der Waals surface area contributed by atoms with Crippen LogP contribution in [0, 0.1) is 5.92 Å². The molecule has 0 saturated heterocycles. The van der Waals surface area contributed by atoms with Crippen LogP contribution in [-0.4, -0.2) is 18.4 Å². The first kappa shape index (κ1) is 18.8. The van der Waals surface area contributed by atoms with E-state index in [-0.39, 0.29) is 36.6 Å². The fourth-order valence-corrected chi connectivity index (χ4v) is 2.60. The van der Waals surface area contributed by atoms with Crippen molar-refractivity contribution in [2.24, 2.45) is 5.92 Å². The van der Waals surface area contributed by atoms with Gasteiger partial charge in [-0.25, -0.2) is 0 Å². The summed E-state index contributed by atoms with van der Waals surface area (Å²) in [7, 11) is 0.